The standard InChI is InChI=1S/C10H6BrNO/c11-5-10-8(6-12)7-3-1-2-4-9(7)13-10/h1-4H,5H2. The zero-order valence-corrected chi connectivity index (χ0v) is 8.34. The highest BCUT2D eigenvalue weighted by atomic mass is 79.9. The van der Waals surface area contributed by atoms with Gasteiger partial charge in [0.2, 0.25) is 0 Å². The Morgan fingerprint density at radius 2 is 2.15 bits per heavy atom. The summed E-state index contributed by atoms with van der Waals surface area (Å²) in [5.74, 6) is 0.698. The predicted molar refractivity (Wildman–Crippen MR) is 53.6 cm³/mol. The minimum absolute atomic E-state index is 0.574. The summed E-state index contributed by atoms with van der Waals surface area (Å²) in [5.41, 5.74) is 1.40. The Morgan fingerprint density at radius 3 is 2.85 bits per heavy atom. The first kappa shape index (κ1) is 8.33. The average Bonchev–Trinajstić information content (AvgIpc) is 2.55. The summed E-state index contributed by atoms with van der Waals surface area (Å²) >= 11 is 3.28. The van der Waals surface area contributed by atoms with Crippen molar-refractivity contribution in [2.75, 3.05) is 0 Å². The largest absolute Gasteiger partial charge is 0.459 e. The highest BCUT2D eigenvalue weighted by Gasteiger charge is 2.11. The van der Waals surface area contributed by atoms with Crippen LogP contribution in [0.4, 0.5) is 0 Å². The van der Waals surface area contributed by atoms with E-state index in [0.29, 0.717) is 16.7 Å². The van der Waals surface area contributed by atoms with Gasteiger partial charge < -0.3 is 4.42 Å². The monoisotopic (exact) mass is 235 g/mol. The van der Waals surface area contributed by atoms with Crippen molar-refractivity contribution in [3.63, 3.8) is 0 Å². The van der Waals surface area contributed by atoms with E-state index in [1.807, 2.05) is 24.3 Å². The molecule has 0 bridgehead atoms. The quantitative estimate of drug-likeness (QED) is 0.713. The molecule has 0 saturated heterocycles. The zero-order valence-electron chi connectivity index (χ0n) is 6.75. The summed E-state index contributed by atoms with van der Waals surface area (Å²) in [5, 5.41) is 10.4. The number of nitrogens with zero attached hydrogens (tertiary/aromatic N) is 1. The van der Waals surface area contributed by atoms with E-state index in [4.69, 9.17) is 9.68 Å². The molecule has 2 nitrogen and oxygen atoms in total. The maximum atomic E-state index is 8.91. The summed E-state index contributed by atoms with van der Waals surface area (Å²) in [7, 11) is 0. The van der Waals surface area contributed by atoms with Gasteiger partial charge in [0.15, 0.2) is 0 Å². The molecular formula is C10H6BrNO. The number of nitriles is 1. The van der Waals surface area contributed by atoms with E-state index in [2.05, 4.69) is 22.0 Å². The van der Waals surface area contributed by atoms with Crippen molar-refractivity contribution < 1.29 is 4.42 Å². The summed E-state index contributed by atoms with van der Waals surface area (Å²) in [4.78, 5) is 0. The molecule has 0 amide bonds. The molecule has 13 heavy (non-hydrogen) atoms. The minimum Gasteiger partial charge on any atom is -0.459 e. The minimum atomic E-state index is 0.574. The van der Waals surface area contributed by atoms with Gasteiger partial charge in [-0.3, -0.25) is 0 Å². The third kappa shape index (κ3) is 1.24. The van der Waals surface area contributed by atoms with E-state index in [9.17, 15) is 0 Å². The van der Waals surface area contributed by atoms with Gasteiger partial charge in [-0.05, 0) is 12.1 Å². The van der Waals surface area contributed by atoms with Gasteiger partial charge in [-0.15, -0.1) is 0 Å². The van der Waals surface area contributed by atoms with E-state index in [1.165, 1.54) is 0 Å². The van der Waals surface area contributed by atoms with Crippen LogP contribution in [0.1, 0.15) is 11.3 Å². The van der Waals surface area contributed by atoms with E-state index < -0.39 is 0 Å². The van der Waals surface area contributed by atoms with Crippen LogP contribution in [0.2, 0.25) is 0 Å². The fourth-order valence-electron chi connectivity index (χ4n) is 1.31. The van der Waals surface area contributed by atoms with Crippen LogP contribution in [0.25, 0.3) is 11.0 Å². The number of alkyl halides is 1. The van der Waals surface area contributed by atoms with Crippen molar-refractivity contribution in [1.82, 2.24) is 0 Å². The Balaban J connectivity index is 2.83. The number of halogens is 1. The predicted octanol–water partition coefficient (Wildman–Crippen LogP) is 3.20. The number of para-hydroxylation sites is 1. The molecule has 2 aromatic rings. The van der Waals surface area contributed by atoms with Gasteiger partial charge in [0.25, 0.3) is 0 Å². The molecule has 0 saturated carbocycles. The molecule has 1 heterocycles. The van der Waals surface area contributed by atoms with Crippen LogP contribution in [0.3, 0.4) is 0 Å². The fraction of sp³-hybridized carbons (Fsp3) is 0.100. The first-order chi connectivity index (χ1) is 6.36. The number of rotatable bonds is 1. The molecule has 0 aliphatic heterocycles. The van der Waals surface area contributed by atoms with E-state index >= 15 is 0 Å². The molecule has 0 radical (unpaired) electrons. The Hall–Kier alpha value is -1.27. The van der Waals surface area contributed by atoms with Gasteiger partial charge in [-0.2, -0.15) is 5.26 Å². The van der Waals surface area contributed by atoms with Crippen molar-refractivity contribution >= 4 is 26.9 Å². The van der Waals surface area contributed by atoms with Crippen LogP contribution in [0.5, 0.6) is 0 Å². The Bertz CT molecular complexity index is 481. The molecule has 0 unspecified atom stereocenters. The number of fused-ring (bicyclic) bond motifs is 1. The van der Waals surface area contributed by atoms with Gasteiger partial charge in [-0.25, -0.2) is 0 Å². The lowest BCUT2D eigenvalue weighted by Crippen LogP contribution is -1.76. The van der Waals surface area contributed by atoms with Crippen LogP contribution in [-0.2, 0) is 5.33 Å². The Morgan fingerprint density at radius 1 is 1.38 bits per heavy atom. The summed E-state index contributed by atoms with van der Waals surface area (Å²) in [6.45, 7) is 0. The van der Waals surface area contributed by atoms with Crippen molar-refractivity contribution in [3.05, 3.63) is 35.6 Å². The van der Waals surface area contributed by atoms with Gasteiger partial charge in [0, 0.05) is 5.39 Å². The highest BCUT2D eigenvalue weighted by Crippen LogP contribution is 2.26. The lowest BCUT2D eigenvalue weighted by Gasteiger charge is -1.84. The molecule has 3 heteroatoms. The van der Waals surface area contributed by atoms with Crippen LogP contribution in [0.15, 0.2) is 28.7 Å². The molecule has 1 aromatic carbocycles. The summed E-state index contributed by atoms with van der Waals surface area (Å²) in [6, 6.07) is 9.69. The molecule has 0 fully saturated rings. The van der Waals surface area contributed by atoms with E-state index in [1.54, 1.807) is 0 Å². The first-order valence-electron chi connectivity index (χ1n) is 3.83. The highest BCUT2D eigenvalue weighted by molar-refractivity contribution is 9.08. The number of hydrogen-bond acceptors (Lipinski definition) is 2. The zero-order chi connectivity index (χ0) is 9.26. The Kier molecular flexibility index (Phi) is 2.07. The molecule has 64 valence electrons. The fourth-order valence-corrected chi connectivity index (χ4v) is 1.71. The topological polar surface area (TPSA) is 36.9 Å². The maximum Gasteiger partial charge on any atom is 0.135 e. The second-order valence-electron chi connectivity index (χ2n) is 2.64. The van der Waals surface area contributed by atoms with Gasteiger partial charge in [0.1, 0.15) is 23.0 Å². The lowest BCUT2D eigenvalue weighted by molar-refractivity contribution is 0.574. The van der Waals surface area contributed by atoms with Crippen molar-refractivity contribution in [1.29, 1.82) is 5.26 Å². The van der Waals surface area contributed by atoms with Crippen LogP contribution in [-0.4, -0.2) is 0 Å². The van der Waals surface area contributed by atoms with Gasteiger partial charge in [-0.1, -0.05) is 28.1 Å². The smallest absolute Gasteiger partial charge is 0.135 e. The van der Waals surface area contributed by atoms with Gasteiger partial charge >= 0.3 is 0 Å². The average molecular weight is 236 g/mol. The molecule has 0 atom stereocenters. The normalized spacial score (nSPS) is 10.2. The van der Waals surface area contributed by atoms with Crippen LogP contribution < -0.4 is 0 Å². The molecular weight excluding hydrogens is 230 g/mol. The SMILES string of the molecule is N#Cc1c(CBr)oc2ccccc12. The van der Waals surface area contributed by atoms with Crippen molar-refractivity contribution in [2.45, 2.75) is 5.33 Å². The van der Waals surface area contributed by atoms with Crippen LogP contribution >= 0.6 is 15.9 Å². The second kappa shape index (κ2) is 3.23. The second-order valence-corrected chi connectivity index (χ2v) is 3.20. The summed E-state index contributed by atoms with van der Waals surface area (Å²) < 4.78 is 5.47. The number of benzene rings is 1. The number of furan rings is 1. The van der Waals surface area contributed by atoms with Crippen molar-refractivity contribution in [2.24, 2.45) is 0 Å². The number of hydrogen-bond donors (Lipinski definition) is 0. The lowest BCUT2D eigenvalue weighted by atomic mass is 10.1. The molecule has 0 spiro atoms. The maximum absolute atomic E-state index is 8.91. The molecule has 0 aliphatic rings. The van der Waals surface area contributed by atoms with E-state index in [-0.39, 0.29) is 0 Å². The molecule has 0 aliphatic carbocycles. The molecule has 2 rings (SSSR count). The Labute approximate surface area is 83.9 Å². The van der Waals surface area contributed by atoms with Gasteiger partial charge in [0.05, 0.1) is 5.33 Å². The first-order valence-corrected chi connectivity index (χ1v) is 4.95. The third-order valence-corrected chi connectivity index (χ3v) is 2.41. The van der Waals surface area contributed by atoms with Crippen LogP contribution in [0, 0.1) is 11.3 Å². The summed E-state index contributed by atoms with van der Waals surface area (Å²) in [6.07, 6.45) is 0. The van der Waals surface area contributed by atoms with E-state index in [0.717, 1.165) is 11.0 Å². The van der Waals surface area contributed by atoms with Crippen molar-refractivity contribution in [3.8, 4) is 6.07 Å². The molecule has 0 N–H and O–H groups in total. The molecule has 1 aromatic heterocycles. The third-order valence-electron chi connectivity index (χ3n) is 1.90.